The smallest absolute Gasteiger partial charge is 0.0931 e. The summed E-state index contributed by atoms with van der Waals surface area (Å²) in [6.07, 6.45) is 0. The Bertz CT molecular complexity index is 367. The summed E-state index contributed by atoms with van der Waals surface area (Å²) in [7, 11) is 0. The van der Waals surface area contributed by atoms with Gasteiger partial charge in [0.15, 0.2) is 0 Å². The number of hydrogen-bond acceptors (Lipinski definition) is 4. The number of hydrogen-bond donors (Lipinski definition) is 1. The van der Waals surface area contributed by atoms with Crippen molar-refractivity contribution in [2.75, 3.05) is 18.8 Å². The summed E-state index contributed by atoms with van der Waals surface area (Å²) < 4.78 is 0.852. The van der Waals surface area contributed by atoms with Crippen molar-refractivity contribution in [3.05, 3.63) is 21.3 Å². The maximum absolute atomic E-state index is 6.17. The normalized spacial score (nSPS) is 25.8. The van der Waals surface area contributed by atoms with E-state index in [2.05, 4.69) is 24.8 Å². The molecule has 1 aromatic rings. The third-order valence-electron chi connectivity index (χ3n) is 3.05. The summed E-state index contributed by atoms with van der Waals surface area (Å²) in [5, 5.41) is 0.695. The fourth-order valence-electron chi connectivity index (χ4n) is 2.36. The molecule has 1 aliphatic heterocycles. The molecule has 1 aliphatic rings. The molecule has 0 aliphatic carbocycles. The van der Waals surface area contributed by atoms with Gasteiger partial charge in [0.05, 0.1) is 10.4 Å². The fraction of sp³-hybridized carbons (Fsp3) is 0.667. The predicted molar refractivity (Wildman–Crippen MR) is 79.2 cm³/mol. The van der Waals surface area contributed by atoms with Crippen molar-refractivity contribution in [3.8, 4) is 0 Å². The first-order valence-corrected chi connectivity index (χ1v) is 8.18. The first-order valence-electron chi connectivity index (χ1n) is 5.94. The molecule has 0 bridgehead atoms. The van der Waals surface area contributed by atoms with E-state index in [0.29, 0.717) is 11.3 Å². The van der Waals surface area contributed by atoms with Crippen molar-refractivity contribution in [1.82, 2.24) is 4.90 Å². The second-order valence-electron chi connectivity index (χ2n) is 4.62. The molecule has 0 radical (unpaired) electrons. The zero-order chi connectivity index (χ0) is 12.4. The number of thiophene rings is 1. The summed E-state index contributed by atoms with van der Waals surface area (Å²) in [6.45, 7) is 6.62. The molecule has 0 aromatic carbocycles. The largest absolute Gasteiger partial charge is 0.326 e. The lowest BCUT2D eigenvalue weighted by atomic mass is 10.1. The maximum atomic E-state index is 6.17. The molecule has 3 unspecified atom stereocenters. The highest BCUT2D eigenvalue weighted by molar-refractivity contribution is 7.99. The maximum Gasteiger partial charge on any atom is 0.0931 e. The van der Waals surface area contributed by atoms with Gasteiger partial charge < -0.3 is 5.73 Å². The van der Waals surface area contributed by atoms with E-state index >= 15 is 0 Å². The molecule has 2 heterocycles. The molecule has 0 amide bonds. The topological polar surface area (TPSA) is 29.3 Å². The lowest BCUT2D eigenvalue weighted by Crippen LogP contribution is -2.45. The van der Waals surface area contributed by atoms with Crippen LogP contribution in [0.4, 0.5) is 0 Å². The van der Waals surface area contributed by atoms with Gasteiger partial charge in [-0.05, 0) is 19.1 Å². The van der Waals surface area contributed by atoms with Gasteiger partial charge in [-0.1, -0.05) is 18.5 Å². The SMILES string of the molecule is CC1CN(C(c2ccc(Cl)s2)C(C)N)CCS1. The molecule has 1 fully saturated rings. The quantitative estimate of drug-likeness (QED) is 0.927. The first kappa shape index (κ1) is 13.7. The average Bonchev–Trinajstić information content (AvgIpc) is 2.64. The van der Waals surface area contributed by atoms with E-state index in [1.54, 1.807) is 11.3 Å². The summed E-state index contributed by atoms with van der Waals surface area (Å²) >= 11 is 9.73. The van der Waals surface area contributed by atoms with E-state index in [9.17, 15) is 0 Å². The van der Waals surface area contributed by atoms with Crippen LogP contribution in [0.25, 0.3) is 0 Å². The summed E-state index contributed by atoms with van der Waals surface area (Å²) in [5.41, 5.74) is 6.17. The Hall–Kier alpha value is 0.260. The van der Waals surface area contributed by atoms with Gasteiger partial charge in [-0.25, -0.2) is 0 Å². The predicted octanol–water partition coefficient (Wildman–Crippen LogP) is 3.23. The van der Waals surface area contributed by atoms with E-state index in [1.165, 1.54) is 10.6 Å². The Kier molecular flexibility index (Phi) is 4.78. The Balaban J connectivity index is 2.17. The van der Waals surface area contributed by atoms with E-state index in [0.717, 1.165) is 17.4 Å². The molecular weight excluding hydrogens is 272 g/mol. The highest BCUT2D eigenvalue weighted by atomic mass is 35.5. The number of rotatable bonds is 3. The van der Waals surface area contributed by atoms with Gasteiger partial charge in [0.2, 0.25) is 0 Å². The minimum absolute atomic E-state index is 0.139. The van der Waals surface area contributed by atoms with E-state index in [4.69, 9.17) is 17.3 Å². The molecule has 2 nitrogen and oxygen atoms in total. The lowest BCUT2D eigenvalue weighted by Gasteiger charge is -2.38. The number of nitrogens with two attached hydrogens (primary N) is 1. The monoisotopic (exact) mass is 290 g/mol. The van der Waals surface area contributed by atoms with Gasteiger partial charge in [0.1, 0.15) is 0 Å². The van der Waals surface area contributed by atoms with Gasteiger partial charge in [0.25, 0.3) is 0 Å². The van der Waals surface area contributed by atoms with Gasteiger partial charge in [-0.3, -0.25) is 4.90 Å². The van der Waals surface area contributed by atoms with Crippen molar-refractivity contribution in [2.45, 2.75) is 31.2 Å². The molecule has 1 saturated heterocycles. The Morgan fingerprint density at radius 2 is 2.29 bits per heavy atom. The van der Waals surface area contributed by atoms with Gasteiger partial charge in [-0.2, -0.15) is 11.8 Å². The van der Waals surface area contributed by atoms with Crippen LogP contribution in [0.15, 0.2) is 12.1 Å². The molecule has 5 heteroatoms. The third-order valence-corrected chi connectivity index (χ3v) is 5.49. The summed E-state index contributed by atoms with van der Waals surface area (Å²) in [4.78, 5) is 3.80. The molecule has 2 N–H and O–H groups in total. The average molecular weight is 291 g/mol. The summed E-state index contributed by atoms with van der Waals surface area (Å²) in [5.74, 6) is 1.20. The van der Waals surface area contributed by atoms with E-state index in [-0.39, 0.29) is 6.04 Å². The Morgan fingerprint density at radius 3 is 2.82 bits per heavy atom. The van der Waals surface area contributed by atoms with Crippen molar-refractivity contribution in [2.24, 2.45) is 5.73 Å². The van der Waals surface area contributed by atoms with Crippen LogP contribution in [0.3, 0.4) is 0 Å². The zero-order valence-corrected chi connectivity index (χ0v) is 12.6. The molecular formula is C12H19ClN2S2. The van der Waals surface area contributed by atoms with E-state index in [1.807, 2.05) is 17.8 Å². The summed E-state index contributed by atoms with van der Waals surface area (Å²) in [6, 6.07) is 4.54. The van der Waals surface area contributed by atoms with Crippen LogP contribution in [0.5, 0.6) is 0 Å². The highest BCUT2D eigenvalue weighted by Crippen LogP contribution is 2.34. The molecule has 17 heavy (non-hydrogen) atoms. The van der Waals surface area contributed by atoms with Crippen molar-refractivity contribution in [3.63, 3.8) is 0 Å². The number of nitrogens with zero attached hydrogens (tertiary/aromatic N) is 1. The van der Waals surface area contributed by atoms with Gasteiger partial charge in [0, 0.05) is 35.0 Å². The van der Waals surface area contributed by atoms with Gasteiger partial charge in [-0.15, -0.1) is 11.3 Å². The van der Waals surface area contributed by atoms with Crippen LogP contribution in [0.1, 0.15) is 24.8 Å². The molecule has 0 saturated carbocycles. The van der Waals surface area contributed by atoms with Crippen molar-refractivity contribution < 1.29 is 0 Å². The molecule has 3 atom stereocenters. The van der Waals surface area contributed by atoms with Crippen LogP contribution in [-0.2, 0) is 0 Å². The first-order chi connectivity index (χ1) is 8.08. The second-order valence-corrected chi connectivity index (χ2v) is 7.92. The van der Waals surface area contributed by atoms with Crippen molar-refractivity contribution >= 4 is 34.7 Å². The molecule has 2 rings (SSSR count). The Labute approximate surface area is 117 Å². The fourth-order valence-corrected chi connectivity index (χ4v) is 4.71. The van der Waals surface area contributed by atoms with E-state index < -0.39 is 0 Å². The molecule has 96 valence electrons. The highest BCUT2D eigenvalue weighted by Gasteiger charge is 2.28. The van der Waals surface area contributed by atoms with Crippen LogP contribution in [0.2, 0.25) is 4.34 Å². The van der Waals surface area contributed by atoms with Crippen LogP contribution < -0.4 is 5.73 Å². The molecule has 0 spiro atoms. The number of thioether (sulfide) groups is 1. The number of halogens is 1. The lowest BCUT2D eigenvalue weighted by molar-refractivity contribution is 0.187. The minimum Gasteiger partial charge on any atom is -0.326 e. The Morgan fingerprint density at radius 1 is 1.53 bits per heavy atom. The van der Waals surface area contributed by atoms with Gasteiger partial charge >= 0.3 is 0 Å². The second kappa shape index (κ2) is 5.93. The van der Waals surface area contributed by atoms with Crippen LogP contribution in [-0.4, -0.2) is 35.0 Å². The third kappa shape index (κ3) is 3.38. The van der Waals surface area contributed by atoms with Crippen molar-refractivity contribution in [1.29, 1.82) is 0 Å². The standard InChI is InChI=1S/C12H19ClN2S2/c1-8-7-15(5-6-16-8)12(9(2)14)10-3-4-11(13)17-10/h3-4,8-9,12H,5-7,14H2,1-2H3. The minimum atomic E-state index is 0.139. The van der Waals surface area contributed by atoms with Crippen LogP contribution in [0, 0.1) is 0 Å². The molecule has 1 aromatic heterocycles. The van der Waals surface area contributed by atoms with Crippen LogP contribution >= 0.6 is 34.7 Å². The zero-order valence-electron chi connectivity index (χ0n) is 10.2.